The van der Waals surface area contributed by atoms with E-state index in [4.69, 9.17) is 4.98 Å². The van der Waals surface area contributed by atoms with Crippen LogP contribution in [0.1, 0.15) is 44.1 Å². The number of nitrogens with zero attached hydrogens (tertiary/aromatic N) is 5. The molecule has 0 bridgehead atoms. The summed E-state index contributed by atoms with van der Waals surface area (Å²) >= 11 is 0. The van der Waals surface area contributed by atoms with Gasteiger partial charge in [-0.1, -0.05) is 6.07 Å². The Morgan fingerprint density at radius 3 is 2.45 bits per heavy atom. The van der Waals surface area contributed by atoms with Crippen LogP contribution >= 0.6 is 0 Å². The predicted molar refractivity (Wildman–Crippen MR) is 158 cm³/mol. The van der Waals surface area contributed by atoms with E-state index in [0.717, 1.165) is 78.6 Å². The molecule has 0 unspecified atom stereocenters. The van der Waals surface area contributed by atoms with Crippen LogP contribution in [0.15, 0.2) is 36.7 Å². The maximum Gasteiger partial charge on any atom is 0.237 e. The molecule has 4 heterocycles. The monoisotopic (exact) mass is 560 g/mol. The lowest BCUT2D eigenvalue weighted by atomic mass is 9.92. The normalized spacial score (nSPS) is 20.6. The number of sulfonamides is 1. The lowest BCUT2D eigenvalue weighted by Crippen LogP contribution is -2.38. The van der Waals surface area contributed by atoms with Crippen LogP contribution in [0.2, 0.25) is 0 Å². The van der Waals surface area contributed by atoms with Crippen molar-refractivity contribution in [1.29, 1.82) is 0 Å². The molecule has 3 aromatic rings. The van der Waals surface area contributed by atoms with Crippen LogP contribution in [-0.2, 0) is 20.2 Å². The van der Waals surface area contributed by atoms with E-state index in [1.54, 1.807) is 4.90 Å². The van der Waals surface area contributed by atoms with E-state index < -0.39 is 15.4 Å². The Kier molecular flexibility index (Phi) is 5.87. The summed E-state index contributed by atoms with van der Waals surface area (Å²) in [5.41, 5.74) is 4.70. The Hall–Kier alpha value is -3.24. The van der Waals surface area contributed by atoms with Gasteiger partial charge in [-0.3, -0.25) is 14.5 Å². The molecule has 1 aromatic carbocycles. The summed E-state index contributed by atoms with van der Waals surface area (Å²) in [7, 11) is 2.58. The summed E-state index contributed by atoms with van der Waals surface area (Å²) < 4.78 is 29.0. The first-order valence-corrected chi connectivity index (χ1v) is 15.8. The lowest BCUT2D eigenvalue weighted by Gasteiger charge is -2.35. The van der Waals surface area contributed by atoms with E-state index in [0.29, 0.717) is 30.3 Å². The molecule has 4 aliphatic rings. The van der Waals surface area contributed by atoms with Crippen LogP contribution < -0.4 is 14.5 Å². The maximum absolute atomic E-state index is 13.1. The van der Waals surface area contributed by atoms with Crippen LogP contribution in [0.3, 0.4) is 0 Å². The van der Waals surface area contributed by atoms with Crippen molar-refractivity contribution in [2.75, 3.05) is 55.3 Å². The molecule has 40 heavy (non-hydrogen) atoms. The summed E-state index contributed by atoms with van der Waals surface area (Å²) in [5, 5.41) is 0.658. The molecule has 210 valence electrons. The zero-order chi connectivity index (χ0) is 27.8. The fourth-order valence-electron chi connectivity index (χ4n) is 6.65. The van der Waals surface area contributed by atoms with E-state index >= 15 is 0 Å². The Bertz CT molecular complexity index is 1620. The van der Waals surface area contributed by atoms with Gasteiger partial charge in [0.25, 0.3) is 0 Å². The van der Waals surface area contributed by atoms with Crippen LogP contribution in [0.25, 0.3) is 22.0 Å². The number of carbonyl (C=O) groups excluding carboxylic acids is 1. The van der Waals surface area contributed by atoms with Gasteiger partial charge in [0.15, 0.2) is 5.82 Å². The van der Waals surface area contributed by atoms with Crippen molar-refractivity contribution in [2.45, 2.75) is 49.2 Å². The molecule has 1 spiro atoms. The number of piperidine rings is 1. The van der Waals surface area contributed by atoms with Gasteiger partial charge in [0, 0.05) is 49.4 Å². The summed E-state index contributed by atoms with van der Waals surface area (Å²) in [6.07, 6.45) is 8.88. The van der Waals surface area contributed by atoms with Crippen molar-refractivity contribution in [3.8, 4) is 11.1 Å². The minimum Gasteiger partial charge on any atom is -0.355 e. The lowest BCUT2D eigenvalue weighted by molar-refractivity contribution is -0.119. The minimum absolute atomic E-state index is 0.152. The molecule has 1 saturated heterocycles. The second-order valence-corrected chi connectivity index (χ2v) is 14.3. The number of benzene rings is 1. The molecule has 1 N–H and O–H groups in total. The number of anilines is 3. The number of pyridine rings is 2. The van der Waals surface area contributed by atoms with Gasteiger partial charge in [0.2, 0.25) is 15.9 Å². The summed E-state index contributed by atoms with van der Waals surface area (Å²) in [4.78, 5) is 28.8. The molecule has 9 nitrogen and oxygen atoms in total. The van der Waals surface area contributed by atoms with Gasteiger partial charge in [-0.25, -0.2) is 13.4 Å². The molecule has 0 atom stereocenters. The van der Waals surface area contributed by atoms with E-state index in [2.05, 4.69) is 39.7 Å². The van der Waals surface area contributed by atoms with E-state index in [-0.39, 0.29) is 11.2 Å². The van der Waals surface area contributed by atoms with Crippen molar-refractivity contribution in [3.05, 3.63) is 42.2 Å². The number of hydrogen-bond donors (Lipinski definition) is 1. The number of aromatic nitrogens is 2. The fourth-order valence-corrected chi connectivity index (χ4v) is 8.03. The van der Waals surface area contributed by atoms with Gasteiger partial charge in [0.1, 0.15) is 0 Å². The zero-order valence-corrected chi connectivity index (χ0v) is 24.2. The second-order valence-electron chi connectivity index (χ2n) is 12.3. The number of carbonyl (C=O) groups is 1. The van der Waals surface area contributed by atoms with Crippen LogP contribution in [0, 0.1) is 5.92 Å². The highest BCUT2D eigenvalue weighted by Gasteiger charge is 2.59. The third-order valence-electron chi connectivity index (χ3n) is 9.10. The molecular formula is C30H36N6O3S. The summed E-state index contributed by atoms with van der Waals surface area (Å²) in [6, 6.07) is 8.01. The van der Waals surface area contributed by atoms with Crippen LogP contribution in [-0.4, -0.2) is 75.2 Å². The highest BCUT2D eigenvalue weighted by atomic mass is 32.2. The van der Waals surface area contributed by atoms with Gasteiger partial charge in [-0.05, 0) is 82.3 Å². The standard InChI is InChI=1S/C30H36N6O3S/c1-34(2)18-19-8-12-36(13-9-19)28-25(33-40(38,39)22-5-6-22)15-21(16-32-28)20-4-7-24-23(14-20)27-26(17-31-24)35(3)29(37)30(27)10-11-30/h4,7,14-17,19,22,33H,5-6,8-13,18H2,1-3H3. The smallest absolute Gasteiger partial charge is 0.237 e. The number of rotatable bonds is 7. The molecule has 2 saturated carbocycles. The number of likely N-dealkylation sites (N-methyl/N-ethyl adjacent to an activating group) is 1. The van der Waals surface area contributed by atoms with Gasteiger partial charge >= 0.3 is 0 Å². The molecule has 2 aromatic heterocycles. The highest BCUT2D eigenvalue weighted by molar-refractivity contribution is 7.93. The fraction of sp³-hybridized carbons (Fsp3) is 0.500. The van der Waals surface area contributed by atoms with Crippen molar-refractivity contribution in [2.24, 2.45) is 5.92 Å². The average molecular weight is 561 g/mol. The molecule has 2 aliphatic carbocycles. The molecule has 3 fully saturated rings. The van der Waals surface area contributed by atoms with Crippen LogP contribution in [0.5, 0.6) is 0 Å². The maximum atomic E-state index is 13.1. The summed E-state index contributed by atoms with van der Waals surface area (Å²) in [5.74, 6) is 1.48. The molecular weight excluding hydrogens is 524 g/mol. The molecule has 10 heteroatoms. The molecule has 7 rings (SSSR count). The SMILES string of the molecule is CN(C)CC1CCN(c2ncc(-c3ccc4ncc5c(c4c3)C3(CC3)C(=O)N5C)cc2NS(=O)(=O)C2CC2)CC1. The number of hydrogen-bond acceptors (Lipinski definition) is 7. The highest BCUT2D eigenvalue weighted by Crippen LogP contribution is 2.58. The van der Waals surface area contributed by atoms with E-state index in [1.165, 1.54) is 0 Å². The van der Waals surface area contributed by atoms with Crippen molar-refractivity contribution >= 4 is 44.0 Å². The first-order chi connectivity index (χ1) is 19.2. The quantitative estimate of drug-likeness (QED) is 0.467. The first kappa shape index (κ1) is 25.7. The largest absolute Gasteiger partial charge is 0.355 e. The molecule has 0 radical (unpaired) electrons. The zero-order valence-electron chi connectivity index (χ0n) is 23.4. The third kappa shape index (κ3) is 4.23. The van der Waals surface area contributed by atoms with Crippen LogP contribution in [0.4, 0.5) is 17.2 Å². The van der Waals surface area contributed by atoms with Gasteiger partial charge in [-0.2, -0.15) is 0 Å². The topological polar surface area (TPSA) is 98.7 Å². The Morgan fingerprint density at radius 2 is 1.77 bits per heavy atom. The van der Waals surface area contributed by atoms with E-state index in [1.807, 2.05) is 37.6 Å². The number of fused-ring (bicyclic) bond motifs is 4. The Labute approximate surface area is 235 Å². The third-order valence-corrected chi connectivity index (χ3v) is 11.0. The minimum atomic E-state index is -3.47. The summed E-state index contributed by atoms with van der Waals surface area (Å²) in [6.45, 7) is 2.76. The van der Waals surface area contributed by atoms with Gasteiger partial charge < -0.3 is 14.7 Å². The van der Waals surface area contributed by atoms with Gasteiger partial charge in [-0.15, -0.1) is 0 Å². The number of nitrogens with one attached hydrogen (secondary N) is 1. The number of amides is 1. The first-order valence-electron chi connectivity index (χ1n) is 14.3. The average Bonchev–Trinajstić information content (AvgIpc) is 3.85. The second kappa shape index (κ2) is 9.14. The molecule has 1 amide bonds. The van der Waals surface area contributed by atoms with Crippen molar-refractivity contribution in [1.82, 2.24) is 14.9 Å². The predicted octanol–water partition coefficient (Wildman–Crippen LogP) is 3.99. The Morgan fingerprint density at radius 1 is 1.02 bits per heavy atom. The van der Waals surface area contributed by atoms with Crippen molar-refractivity contribution in [3.63, 3.8) is 0 Å². The van der Waals surface area contributed by atoms with Gasteiger partial charge in [0.05, 0.1) is 33.8 Å². The Balaban J connectivity index is 1.27. The molecule has 2 aliphatic heterocycles. The van der Waals surface area contributed by atoms with Crippen molar-refractivity contribution < 1.29 is 13.2 Å². The van der Waals surface area contributed by atoms with E-state index in [9.17, 15) is 13.2 Å².